The van der Waals surface area contributed by atoms with Gasteiger partial charge in [-0.2, -0.15) is 18.3 Å². The van der Waals surface area contributed by atoms with Crippen LogP contribution in [0.4, 0.5) is 18.9 Å². The highest BCUT2D eigenvalue weighted by Gasteiger charge is 2.34. The SMILES string of the molecule is Cc1nn(Cc2cscn2)c(C)c1NC(=O)c1cc(C(F)(F)F)nc2ccc(Br)cc12. The predicted octanol–water partition coefficient (Wildman–Crippen LogP) is 5.59. The molecule has 1 N–H and O–H groups in total. The summed E-state index contributed by atoms with van der Waals surface area (Å²) in [6.07, 6.45) is -4.68. The first kappa shape index (κ1) is 21.4. The molecule has 1 amide bonds. The second-order valence-electron chi connectivity index (χ2n) is 6.85. The van der Waals surface area contributed by atoms with Gasteiger partial charge < -0.3 is 5.32 Å². The van der Waals surface area contributed by atoms with E-state index in [0.717, 1.165) is 11.8 Å². The molecule has 0 unspecified atom stereocenters. The average Bonchev–Trinajstić information content (AvgIpc) is 3.30. The van der Waals surface area contributed by atoms with Crippen LogP contribution in [0.5, 0.6) is 0 Å². The Hall–Kier alpha value is -2.79. The number of fused-ring (bicyclic) bond motifs is 1. The summed E-state index contributed by atoms with van der Waals surface area (Å²) in [7, 11) is 0. The van der Waals surface area contributed by atoms with E-state index in [1.54, 1.807) is 36.2 Å². The normalized spacial score (nSPS) is 11.8. The van der Waals surface area contributed by atoms with Crippen LogP contribution in [0.3, 0.4) is 0 Å². The fourth-order valence-corrected chi connectivity index (χ4v) is 4.12. The van der Waals surface area contributed by atoms with Crippen LogP contribution in [-0.2, 0) is 12.7 Å². The number of hydrogen-bond acceptors (Lipinski definition) is 5. The zero-order valence-corrected chi connectivity index (χ0v) is 18.7. The minimum Gasteiger partial charge on any atom is -0.319 e. The monoisotopic (exact) mass is 509 g/mol. The molecule has 3 heterocycles. The number of halogens is 4. The number of anilines is 1. The maximum atomic E-state index is 13.4. The van der Waals surface area contributed by atoms with Crippen molar-refractivity contribution in [2.24, 2.45) is 0 Å². The molecule has 0 bridgehead atoms. The van der Waals surface area contributed by atoms with E-state index < -0.39 is 17.8 Å². The molecule has 0 radical (unpaired) electrons. The van der Waals surface area contributed by atoms with Crippen LogP contribution in [0.1, 0.15) is 33.1 Å². The van der Waals surface area contributed by atoms with E-state index in [1.807, 2.05) is 5.38 Å². The van der Waals surface area contributed by atoms with Crippen molar-refractivity contribution in [1.82, 2.24) is 19.7 Å². The maximum Gasteiger partial charge on any atom is 0.433 e. The van der Waals surface area contributed by atoms with E-state index in [0.29, 0.717) is 33.5 Å². The van der Waals surface area contributed by atoms with Gasteiger partial charge in [0, 0.05) is 15.2 Å². The number of nitrogens with zero attached hydrogens (tertiary/aromatic N) is 4. The quantitative estimate of drug-likeness (QED) is 0.389. The number of alkyl halides is 3. The third-order valence-electron chi connectivity index (χ3n) is 4.72. The summed E-state index contributed by atoms with van der Waals surface area (Å²) in [5, 5.41) is 9.37. The lowest BCUT2D eigenvalue weighted by molar-refractivity contribution is -0.140. The van der Waals surface area contributed by atoms with Gasteiger partial charge >= 0.3 is 6.18 Å². The number of amides is 1. The molecule has 0 aliphatic heterocycles. The molecule has 31 heavy (non-hydrogen) atoms. The third kappa shape index (κ3) is 4.33. The number of aryl methyl sites for hydroxylation is 1. The first-order valence-electron chi connectivity index (χ1n) is 9.03. The summed E-state index contributed by atoms with van der Waals surface area (Å²) in [6.45, 7) is 3.93. The highest BCUT2D eigenvalue weighted by Crippen LogP contribution is 2.32. The Bertz CT molecular complexity index is 1280. The third-order valence-corrected chi connectivity index (χ3v) is 5.85. The summed E-state index contributed by atoms with van der Waals surface area (Å²) in [5.41, 5.74) is 3.06. The van der Waals surface area contributed by atoms with Crippen LogP contribution >= 0.6 is 27.3 Å². The number of rotatable bonds is 4. The summed E-state index contributed by atoms with van der Waals surface area (Å²) in [5.74, 6) is -0.671. The number of pyridine rings is 1. The molecule has 0 aliphatic carbocycles. The smallest absolute Gasteiger partial charge is 0.319 e. The molecule has 0 fully saturated rings. The highest BCUT2D eigenvalue weighted by molar-refractivity contribution is 9.10. The van der Waals surface area contributed by atoms with Crippen molar-refractivity contribution in [1.29, 1.82) is 0 Å². The van der Waals surface area contributed by atoms with Crippen LogP contribution in [0.25, 0.3) is 10.9 Å². The van der Waals surface area contributed by atoms with E-state index in [1.165, 1.54) is 17.4 Å². The van der Waals surface area contributed by atoms with E-state index >= 15 is 0 Å². The molecule has 0 spiro atoms. The molecule has 0 saturated carbocycles. The molecule has 3 aromatic heterocycles. The topological polar surface area (TPSA) is 72.7 Å². The van der Waals surface area contributed by atoms with Gasteiger partial charge in [-0.15, -0.1) is 11.3 Å². The molecular formula is C20H15BrF3N5OS. The lowest BCUT2D eigenvalue weighted by Crippen LogP contribution is -2.17. The Morgan fingerprint density at radius 1 is 1.26 bits per heavy atom. The van der Waals surface area contributed by atoms with Crippen LogP contribution in [0, 0.1) is 13.8 Å². The summed E-state index contributed by atoms with van der Waals surface area (Å²) in [4.78, 5) is 21.0. The first-order valence-corrected chi connectivity index (χ1v) is 10.8. The number of nitrogens with one attached hydrogen (secondary N) is 1. The molecule has 160 valence electrons. The molecular weight excluding hydrogens is 495 g/mol. The fraction of sp³-hybridized carbons (Fsp3) is 0.200. The number of aromatic nitrogens is 4. The van der Waals surface area contributed by atoms with Crippen molar-refractivity contribution in [2.75, 3.05) is 5.32 Å². The van der Waals surface area contributed by atoms with Crippen molar-refractivity contribution < 1.29 is 18.0 Å². The van der Waals surface area contributed by atoms with Gasteiger partial charge in [0.05, 0.1) is 45.9 Å². The first-order chi connectivity index (χ1) is 14.6. The van der Waals surface area contributed by atoms with Crippen LogP contribution < -0.4 is 5.32 Å². The maximum absolute atomic E-state index is 13.4. The van der Waals surface area contributed by atoms with Crippen LogP contribution in [0.15, 0.2) is 39.6 Å². The number of carbonyl (C=O) groups is 1. The van der Waals surface area contributed by atoms with Crippen molar-refractivity contribution in [3.8, 4) is 0 Å². The number of hydrogen-bond donors (Lipinski definition) is 1. The minimum absolute atomic E-state index is 0.0795. The van der Waals surface area contributed by atoms with E-state index in [-0.39, 0.29) is 11.1 Å². The van der Waals surface area contributed by atoms with E-state index in [2.05, 4.69) is 36.3 Å². The summed E-state index contributed by atoms with van der Waals surface area (Å²) >= 11 is 4.76. The largest absolute Gasteiger partial charge is 0.433 e. The second-order valence-corrected chi connectivity index (χ2v) is 8.49. The van der Waals surface area contributed by atoms with Gasteiger partial charge in [0.1, 0.15) is 5.69 Å². The standard InChI is InChI=1S/C20H15BrF3N5OS/c1-10-18(11(2)29(28-10)7-13-8-31-9-25-13)27-19(30)15-6-17(20(22,23)24)26-16-4-3-12(21)5-14(15)16/h3-6,8-9H,7H2,1-2H3,(H,27,30). The van der Waals surface area contributed by atoms with Gasteiger partial charge in [-0.1, -0.05) is 15.9 Å². The van der Waals surface area contributed by atoms with E-state index in [9.17, 15) is 18.0 Å². The van der Waals surface area contributed by atoms with Gasteiger partial charge in [0.2, 0.25) is 0 Å². The van der Waals surface area contributed by atoms with Gasteiger partial charge in [-0.3, -0.25) is 9.48 Å². The zero-order chi connectivity index (χ0) is 22.3. The molecule has 6 nitrogen and oxygen atoms in total. The fourth-order valence-electron chi connectivity index (χ4n) is 3.21. The molecule has 0 atom stereocenters. The Morgan fingerprint density at radius 3 is 2.71 bits per heavy atom. The lowest BCUT2D eigenvalue weighted by atomic mass is 10.1. The van der Waals surface area contributed by atoms with Gasteiger partial charge in [0.15, 0.2) is 0 Å². The van der Waals surface area contributed by atoms with Gasteiger partial charge in [-0.25, -0.2) is 9.97 Å². The number of thiazole rings is 1. The Morgan fingerprint density at radius 2 is 2.03 bits per heavy atom. The molecule has 0 aliphatic rings. The Labute approximate surface area is 187 Å². The van der Waals surface area contributed by atoms with Crippen molar-refractivity contribution in [3.05, 3.63) is 68.0 Å². The second kappa shape index (κ2) is 8.04. The van der Waals surface area contributed by atoms with Crippen molar-refractivity contribution in [3.63, 3.8) is 0 Å². The Kier molecular flexibility index (Phi) is 5.56. The summed E-state index contributed by atoms with van der Waals surface area (Å²) < 4.78 is 42.4. The predicted molar refractivity (Wildman–Crippen MR) is 115 cm³/mol. The van der Waals surface area contributed by atoms with Gasteiger partial charge in [-0.05, 0) is 38.1 Å². The zero-order valence-electron chi connectivity index (χ0n) is 16.3. The number of carbonyl (C=O) groups excluding carboxylic acids is 1. The molecule has 0 saturated heterocycles. The van der Waals surface area contributed by atoms with Crippen molar-refractivity contribution >= 4 is 49.8 Å². The summed E-state index contributed by atoms with van der Waals surface area (Å²) in [6, 6.07) is 5.36. The molecule has 11 heteroatoms. The van der Waals surface area contributed by atoms with Crippen molar-refractivity contribution in [2.45, 2.75) is 26.6 Å². The average molecular weight is 510 g/mol. The minimum atomic E-state index is -4.68. The van der Waals surface area contributed by atoms with Crippen LogP contribution in [-0.4, -0.2) is 25.7 Å². The molecule has 1 aromatic carbocycles. The molecule has 4 aromatic rings. The lowest BCUT2D eigenvalue weighted by Gasteiger charge is -2.13. The van der Waals surface area contributed by atoms with Crippen LogP contribution in [0.2, 0.25) is 0 Å². The van der Waals surface area contributed by atoms with Gasteiger partial charge in [0.25, 0.3) is 5.91 Å². The number of benzene rings is 1. The molecule has 4 rings (SSSR count). The Balaban J connectivity index is 1.74. The van der Waals surface area contributed by atoms with E-state index in [4.69, 9.17) is 0 Å². The highest BCUT2D eigenvalue weighted by atomic mass is 79.9.